The molecule has 0 spiro atoms. The van der Waals surface area contributed by atoms with E-state index in [1.807, 2.05) is 43.5 Å². The van der Waals surface area contributed by atoms with Crippen molar-refractivity contribution in [3.63, 3.8) is 0 Å². The van der Waals surface area contributed by atoms with Gasteiger partial charge >= 0.3 is 0 Å². The van der Waals surface area contributed by atoms with Gasteiger partial charge in [0, 0.05) is 25.5 Å². The minimum Gasteiger partial charge on any atom is -0.334 e. The van der Waals surface area contributed by atoms with Crippen LogP contribution in [0.25, 0.3) is 10.2 Å². The van der Waals surface area contributed by atoms with Crippen LogP contribution in [0.4, 0.5) is 0 Å². The number of thiophene rings is 1. The summed E-state index contributed by atoms with van der Waals surface area (Å²) in [5.41, 5.74) is 1.96. The third-order valence-electron chi connectivity index (χ3n) is 3.04. The second kappa shape index (κ2) is 5.17. The largest absolute Gasteiger partial charge is 0.334 e. The van der Waals surface area contributed by atoms with E-state index >= 15 is 0 Å². The van der Waals surface area contributed by atoms with Crippen molar-refractivity contribution in [3.05, 3.63) is 28.8 Å². The first-order chi connectivity index (χ1) is 8.93. The zero-order valence-corrected chi connectivity index (χ0v) is 12.7. The molecule has 102 valence electrons. The SMILES string of the molecule is C=C(C)CN(CC)C(=O)c1cc2c(C)nn(C)c2s1. The molecule has 0 N–H and O–H groups in total. The zero-order valence-electron chi connectivity index (χ0n) is 11.9. The van der Waals surface area contributed by atoms with Gasteiger partial charge in [-0.2, -0.15) is 5.10 Å². The monoisotopic (exact) mass is 277 g/mol. The van der Waals surface area contributed by atoms with Crippen molar-refractivity contribution >= 4 is 27.5 Å². The molecule has 5 heteroatoms. The molecule has 1 amide bonds. The molecule has 0 aliphatic rings. The van der Waals surface area contributed by atoms with Gasteiger partial charge in [0.2, 0.25) is 0 Å². The first-order valence-electron chi connectivity index (χ1n) is 6.30. The predicted molar refractivity (Wildman–Crippen MR) is 79.7 cm³/mol. The highest BCUT2D eigenvalue weighted by Crippen LogP contribution is 2.28. The molecule has 0 unspecified atom stereocenters. The summed E-state index contributed by atoms with van der Waals surface area (Å²) in [5.74, 6) is 0.0751. The molecular formula is C14H19N3OS. The van der Waals surface area contributed by atoms with E-state index in [1.165, 1.54) is 11.3 Å². The van der Waals surface area contributed by atoms with E-state index in [0.29, 0.717) is 13.1 Å². The van der Waals surface area contributed by atoms with Crippen LogP contribution in [0.2, 0.25) is 0 Å². The molecule has 0 bridgehead atoms. The Kier molecular flexibility index (Phi) is 3.75. The van der Waals surface area contributed by atoms with Crippen LogP contribution < -0.4 is 0 Å². The summed E-state index contributed by atoms with van der Waals surface area (Å²) >= 11 is 1.50. The van der Waals surface area contributed by atoms with E-state index < -0.39 is 0 Å². The Bertz CT molecular complexity index is 604. The number of carbonyl (C=O) groups excluding carboxylic acids is 1. The number of aryl methyl sites for hydroxylation is 2. The number of hydrogen-bond donors (Lipinski definition) is 0. The fourth-order valence-corrected chi connectivity index (χ4v) is 3.21. The second-order valence-corrected chi connectivity index (χ2v) is 5.85. The molecule has 2 heterocycles. The molecule has 4 nitrogen and oxygen atoms in total. The average molecular weight is 277 g/mol. The van der Waals surface area contributed by atoms with Crippen LogP contribution in [0, 0.1) is 6.92 Å². The van der Waals surface area contributed by atoms with Gasteiger partial charge in [-0.3, -0.25) is 9.48 Å². The van der Waals surface area contributed by atoms with Crippen molar-refractivity contribution in [1.82, 2.24) is 14.7 Å². The fourth-order valence-electron chi connectivity index (χ4n) is 2.12. The van der Waals surface area contributed by atoms with Crippen molar-refractivity contribution in [3.8, 4) is 0 Å². The smallest absolute Gasteiger partial charge is 0.264 e. The average Bonchev–Trinajstić information content (AvgIpc) is 2.88. The van der Waals surface area contributed by atoms with Crippen molar-refractivity contribution < 1.29 is 4.79 Å². The summed E-state index contributed by atoms with van der Waals surface area (Å²) in [5, 5.41) is 5.42. The van der Waals surface area contributed by atoms with E-state index in [-0.39, 0.29) is 5.91 Å². The lowest BCUT2D eigenvalue weighted by atomic mass is 10.2. The standard InChI is InChI=1S/C14H19N3OS/c1-6-17(8-9(2)3)13(18)12-7-11-10(4)15-16(5)14(11)19-12/h7H,2,6,8H2,1,3-5H3. The van der Waals surface area contributed by atoms with E-state index in [1.54, 1.807) is 0 Å². The van der Waals surface area contributed by atoms with Gasteiger partial charge in [-0.1, -0.05) is 12.2 Å². The number of amides is 1. The van der Waals surface area contributed by atoms with Crippen LogP contribution in [0.15, 0.2) is 18.2 Å². The maximum Gasteiger partial charge on any atom is 0.264 e. The first-order valence-corrected chi connectivity index (χ1v) is 7.12. The van der Waals surface area contributed by atoms with Crippen molar-refractivity contribution in [2.75, 3.05) is 13.1 Å². The minimum atomic E-state index is 0.0751. The summed E-state index contributed by atoms with van der Waals surface area (Å²) in [6.45, 7) is 11.1. The maximum absolute atomic E-state index is 12.5. The lowest BCUT2D eigenvalue weighted by Gasteiger charge is -2.19. The fraction of sp³-hybridized carbons (Fsp3) is 0.429. The molecule has 19 heavy (non-hydrogen) atoms. The Morgan fingerprint density at radius 3 is 2.79 bits per heavy atom. The normalized spacial score (nSPS) is 10.9. The van der Waals surface area contributed by atoms with Gasteiger partial charge in [-0.05, 0) is 26.8 Å². The van der Waals surface area contributed by atoms with Gasteiger partial charge in [0.25, 0.3) is 5.91 Å². The molecule has 2 aromatic heterocycles. The summed E-state index contributed by atoms with van der Waals surface area (Å²) in [7, 11) is 1.91. The number of aromatic nitrogens is 2. The van der Waals surface area contributed by atoms with Gasteiger partial charge in [0.15, 0.2) is 0 Å². The summed E-state index contributed by atoms with van der Waals surface area (Å²) < 4.78 is 1.83. The highest BCUT2D eigenvalue weighted by atomic mass is 32.1. The third kappa shape index (κ3) is 2.56. The van der Waals surface area contributed by atoms with E-state index in [2.05, 4.69) is 11.7 Å². The number of nitrogens with zero attached hydrogens (tertiary/aromatic N) is 3. The summed E-state index contributed by atoms with van der Waals surface area (Å²) in [6.07, 6.45) is 0. The maximum atomic E-state index is 12.5. The van der Waals surface area contributed by atoms with E-state index in [0.717, 1.165) is 26.4 Å². The molecule has 0 saturated heterocycles. The highest BCUT2D eigenvalue weighted by Gasteiger charge is 2.19. The number of rotatable bonds is 4. The van der Waals surface area contributed by atoms with Crippen LogP contribution in [-0.2, 0) is 7.05 Å². The lowest BCUT2D eigenvalue weighted by Crippen LogP contribution is -2.31. The Morgan fingerprint density at radius 2 is 2.26 bits per heavy atom. The molecule has 0 aliphatic carbocycles. The molecule has 2 aromatic rings. The number of fused-ring (bicyclic) bond motifs is 1. The van der Waals surface area contributed by atoms with Crippen LogP contribution in [-0.4, -0.2) is 33.7 Å². The Balaban J connectivity index is 2.35. The third-order valence-corrected chi connectivity index (χ3v) is 4.23. The van der Waals surface area contributed by atoms with Gasteiger partial charge in [-0.25, -0.2) is 0 Å². The molecule has 0 radical (unpaired) electrons. The van der Waals surface area contributed by atoms with Gasteiger partial charge < -0.3 is 4.90 Å². The van der Waals surface area contributed by atoms with E-state index in [4.69, 9.17) is 0 Å². The van der Waals surface area contributed by atoms with Crippen molar-refractivity contribution in [2.24, 2.45) is 7.05 Å². The number of hydrogen-bond acceptors (Lipinski definition) is 3. The van der Waals surface area contributed by atoms with Crippen LogP contribution in [0.5, 0.6) is 0 Å². The van der Waals surface area contributed by atoms with Crippen LogP contribution in [0.1, 0.15) is 29.2 Å². The van der Waals surface area contributed by atoms with Crippen LogP contribution >= 0.6 is 11.3 Å². The van der Waals surface area contributed by atoms with Crippen molar-refractivity contribution in [1.29, 1.82) is 0 Å². The van der Waals surface area contributed by atoms with Gasteiger partial charge in [0.05, 0.1) is 10.6 Å². The van der Waals surface area contributed by atoms with Crippen molar-refractivity contribution in [2.45, 2.75) is 20.8 Å². The molecule has 2 rings (SSSR count). The topological polar surface area (TPSA) is 38.1 Å². The highest BCUT2D eigenvalue weighted by molar-refractivity contribution is 7.20. The number of carbonyl (C=O) groups is 1. The molecule has 0 atom stereocenters. The number of likely N-dealkylation sites (N-methyl/N-ethyl adjacent to an activating group) is 1. The van der Waals surface area contributed by atoms with Gasteiger partial charge in [-0.15, -0.1) is 11.3 Å². The summed E-state index contributed by atoms with van der Waals surface area (Å²) in [6, 6.07) is 1.95. The van der Waals surface area contributed by atoms with Crippen LogP contribution in [0.3, 0.4) is 0 Å². The van der Waals surface area contributed by atoms with E-state index in [9.17, 15) is 4.79 Å². The quantitative estimate of drug-likeness (QED) is 0.806. The van der Waals surface area contributed by atoms with Gasteiger partial charge in [0.1, 0.15) is 4.83 Å². The molecular weight excluding hydrogens is 258 g/mol. The Morgan fingerprint density at radius 1 is 1.58 bits per heavy atom. The zero-order chi connectivity index (χ0) is 14.2. The minimum absolute atomic E-state index is 0.0751. The molecule has 0 saturated carbocycles. The summed E-state index contributed by atoms with van der Waals surface area (Å²) in [4.78, 5) is 16.1. The Labute approximate surface area is 117 Å². The molecule has 0 aromatic carbocycles. The first kappa shape index (κ1) is 13.8. The Hall–Kier alpha value is -1.62. The molecule has 0 aliphatic heterocycles. The molecule has 0 fully saturated rings. The predicted octanol–water partition coefficient (Wildman–Crippen LogP) is 2.98. The second-order valence-electron chi connectivity index (χ2n) is 4.81. The lowest BCUT2D eigenvalue weighted by molar-refractivity contribution is 0.0783.